The minimum atomic E-state index is -0.297. The zero-order valence-corrected chi connectivity index (χ0v) is 88.8. The fourth-order valence-corrected chi connectivity index (χ4v) is 19.8. The molecule has 1 N–H and O–H groups in total. The number of ether oxygens (including phenoxy) is 1. The van der Waals surface area contributed by atoms with Gasteiger partial charge in [0, 0.05) is 69.2 Å². The van der Waals surface area contributed by atoms with Crippen LogP contribution in [0.5, 0.6) is 0 Å². The van der Waals surface area contributed by atoms with Gasteiger partial charge in [0.25, 0.3) is 0 Å². The average Bonchev–Trinajstić information content (AvgIpc) is 0.822. The first-order valence-electron chi connectivity index (χ1n) is 44.0. The molecule has 0 heterocycles. The van der Waals surface area contributed by atoms with E-state index >= 15 is 0 Å². The van der Waals surface area contributed by atoms with Crippen LogP contribution in [0.3, 0.4) is 0 Å². The van der Waals surface area contributed by atoms with Crippen LogP contribution in [0, 0.1) is 0 Å². The minimum absolute atomic E-state index is 0.0589. The molecule has 0 saturated carbocycles. The molecule has 0 bridgehead atoms. The molecule has 9 aromatic rings. The summed E-state index contributed by atoms with van der Waals surface area (Å²) in [6.45, 7) is 82.7. The Balaban J connectivity index is 0.000000252. The average molecular weight is 1820 g/mol. The number of alkyl halides is 1. The topological polar surface area (TPSA) is 46.5 Å². The van der Waals surface area contributed by atoms with Crippen molar-refractivity contribution in [2.24, 2.45) is 0 Å². The Labute approximate surface area is 778 Å². The lowest BCUT2D eigenvalue weighted by molar-refractivity contribution is 0.0600. The van der Waals surface area contributed by atoms with Crippen LogP contribution in [-0.4, -0.2) is 18.2 Å². The number of carbonyl (C=O) groups excluding carboxylic acids is 1. The first-order valence-corrected chi connectivity index (χ1v) is 51.1. The van der Waals surface area contributed by atoms with Crippen molar-refractivity contribution in [3.05, 3.63) is 281 Å². The second kappa shape index (κ2) is 41.2. The van der Waals surface area contributed by atoms with Crippen LogP contribution in [0.25, 0.3) is 0 Å². The molecule has 0 atom stereocenters. The van der Waals surface area contributed by atoms with E-state index in [1.54, 1.807) is 23.5 Å². The van der Waals surface area contributed by atoms with E-state index in [-0.39, 0.29) is 77.6 Å². The summed E-state index contributed by atoms with van der Waals surface area (Å²) in [5.74, 6) is 5.16. The van der Waals surface area contributed by atoms with Gasteiger partial charge in [-0.2, -0.15) is 0 Å². The number of thioether (sulfide) groups is 6. The van der Waals surface area contributed by atoms with Crippen LogP contribution in [0.1, 0.15) is 371 Å². The molecule has 9 rings (SSSR count). The Kier molecular flexibility index (Phi) is 35.1. The summed E-state index contributed by atoms with van der Waals surface area (Å²) < 4.78 is 5.13. The summed E-state index contributed by atoms with van der Waals surface area (Å²) in [5, 5.41) is 10.9. The Hall–Kier alpha value is -5.01. The smallest absolute Gasteiger partial charge is 0.337 e. The van der Waals surface area contributed by atoms with E-state index in [1.807, 2.05) is 59.2 Å². The number of carbonyl (C=O) groups is 1. The Morgan fingerprint density at radius 3 is 0.508 bits per heavy atom. The van der Waals surface area contributed by atoms with Crippen LogP contribution in [0.15, 0.2) is 193 Å². The van der Waals surface area contributed by atoms with Gasteiger partial charge in [0.15, 0.2) is 0 Å². The summed E-state index contributed by atoms with van der Waals surface area (Å²) in [5.41, 5.74) is 29.1. The number of aliphatic hydroxyl groups is 1. The molecule has 0 aliphatic heterocycles. The first kappa shape index (κ1) is 104. The van der Waals surface area contributed by atoms with Crippen molar-refractivity contribution >= 4 is 92.5 Å². The van der Waals surface area contributed by atoms with Gasteiger partial charge in [-0.05, 0) is 231 Å². The molecule has 122 heavy (non-hydrogen) atoms. The maximum Gasteiger partial charge on any atom is 0.337 e. The molecule has 9 aromatic carbocycles. The fraction of sp³-hybridized carbons (Fsp3) is 0.509. The second-order valence-corrected chi connectivity index (χ2v) is 53.2. The molecular weight excluding hydrogens is 1670 g/mol. The van der Waals surface area contributed by atoms with E-state index in [1.165, 1.54) is 132 Å². The third-order valence-corrected chi connectivity index (χ3v) is 29.2. The first-order chi connectivity index (χ1) is 55.7. The van der Waals surface area contributed by atoms with Gasteiger partial charge < -0.3 is 9.84 Å². The van der Waals surface area contributed by atoms with Crippen molar-refractivity contribution < 1.29 is 14.6 Å². The van der Waals surface area contributed by atoms with Crippen molar-refractivity contribution in [1.82, 2.24) is 0 Å². The summed E-state index contributed by atoms with van der Waals surface area (Å²) in [6, 6.07) is 62.7. The standard InChI is InChI=1S/C38H52O2S2.C37H51BrS2.C37H52OS2/c1-35(2,3)28-14-25(15-29(20-28)36(4,5)6)23-41-32-18-27(34(39)40-13)19-33(22-32)42-24-26-16-30(37(7,8)9)21-31(17-26)38(10,11)12;2*1-34(2,3)28-13-26(14-29(19-28)35(4,5)6)23-39-32-17-25(22-38)18-33(21-32)40-24-27-15-30(36(7,8)9)20-31(16-27)37(10,11)12/h14-22H,23-24H2,1-13H3;13-21H,22-24H2,1-12H3;13-21,38H,22-24H2,1-12H3. The lowest BCUT2D eigenvalue weighted by Crippen LogP contribution is -2.17. The number of methoxy groups -OCH3 is 1. The number of rotatable bonds is 21. The van der Waals surface area contributed by atoms with Crippen LogP contribution >= 0.6 is 86.5 Å². The van der Waals surface area contributed by atoms with Crippen LogP contribution < -0.4 is 0 Å². The molecule has 664 valence electrons. The van der Waals surface area contributed by atoms with Crippen molar-refractivity contribution in [3.63, 3.8) is 0 Å². The third-order valence-electron chi connectivity index (χ3n) is 22.3. The summed E-state index contributed by atoms with van der Waals surface area (Å²) in [7, 11) is 1.45. The van der Waals surface area contributed by atoms with Gasteiger partial charge in [0.2, 0.25) is 0 Å². The molecule has 10 heteroatoms. The van der Waals surface area contributed by atoms with Crippen molar-refractivity contribution in [3.8, 4) is 0 Å². The Bertz CT molecular complexity index is 4330. The predicted octanol–water partition coefficient (Wildman–Crippen LogP) is 34.6. The van der Waals surface area contributed by atoms with Gasteiger partial charge in [0.1, 0.15) is 0 Å². The Morgan fingerprint density at radius 2 is 0.377 bits per heavy atom. The van der Waals surface area contributed by atoms with E-state index in [9.17, 15) is 9.90 Å². The summed E-state index contributed by atoms with van der Waals surface area (Å²) >= 11 is 14.9. The number of hydrogen-bond donors (Lipinski definition) is 1. The van der Waals surface area contributed by atoms with E-state index in [2.05, 4.69) is 417 Å². The highest BCUT2D eigenvalue weighted by atomic mass is 79.9. The number of hydrogen-bond acceptors (Lipinski definition) is 9. The molecule has 0 spiro atoms. The minimum Gasteiger partial charge on any atom is -0.465 e. The molecule has 3 nitrogen and oxygen atoms in total. The highest BCUT2D eigenvalue weighted by molar-refractivity contribution is 9.08. The molecule has 0 fully saturated rings. The summed E-state index contributed by atoms with van der Waals surface area (Å²) in [4.78, 5) is 19.9. The largest absolute Gasteiger partial charge is 0.465 e. The number of benzene rings is 9. The van der Waals surface area contributed by atoms with Crippen LogP contribution in [-0.2, 0) is 116 Å². The Morgan fingerprint density at radius 1 is 0.230 bits per heavy atom. The van der Waals surface area contributed by atoms with Crippen molar-refractivity contribution in [2.45, 2.75) is 390 Å². The van der Waals surface area contributed by atoms with Gasteiger partial charge in [0.05, 0.1) is 19.3 Å². The maximum absolute atomic E-state index is 12.6. The lowest BCUT2D eigenvalue weighted by Gasteiger charge is -2.26. The highest BCUT2D eigenvalue weighted by Crippen LogP contribution is 2.43. The van der Waals surface area contributed by atoms with Gasteiger partial charge in [-0.25, -0.2) is 4.79 Å². The third kappa shape index (κ3) is 32.3. The normalized spacial score (nSPS) is 13.0. The predicted molar refractivity (Wildman–Crippen MR) is 550 cm³/mol. The van der Waals surface area contributed by atoms with E-state index in [4.69, 9.17) is 4.74 Å². The molecule has 0 aromatic heterocycles. The summed E-state index contributed by atoms with van der Waals surface area (Å²) in [6.07, 6.45) is 0. The number of aliphatic hydroxyl groups excluding tert-OH is 1. The lowest BCUT2D eigenvalue weighted by atomic mass is 9.80. The number of halogens is 1. The quantitative estimate of drug-likeness (QED) is 0.0431. The highest BCUT2D eigenvalue weighted by Gasteiger charge is 2.29. The molecule has 0 radical (unpaired) electrons. The van der Waals surface area contributed by atoms with Gasteiger partial charge in [-0.3, -0.25) is 0 Å². The number of esters is 1. The van der Waals surface area contributed by atoms with Crippen LogP contribution in [0.4, 0.5) is 0 Å². The van der Waals surface area contributed by atoms with Gasteiger partial charge in [-0.15, -0.1) is 70.6 Å². The maximum atomic E-state index is 12.6. The van der Waals surface area contributed by atoms with E-state index < -0.39 is 0 Å². The van der Waals surface area contributed by atoms with Gasteiger partial charge in [-0.1, -0.05) is 374 Å². The zero-order chi connectivity index (χ0) is 91.9. The monoisotopic (exact) mass is 1820 g/mol. The SMILES string of the molecule is CC(C)(C)c1cc(CSc2cc(CBr)cc(SCc3cc(C(C)(C)C)cc(C(C)(C)C)c3)c2)cc(C(C)(C)C)c1.CC(C)(C)c1cc(CSc2cc(CO)cc(SCc3cc(C(C)(C)C)cc(C(C)(C)C)c3)c2)cc(C(C)(C)C)c1.COC(=O)c1cc(SCc2cc(C(C)(C)C)cc(C(C)(C)C)c2)cc(SCc2cc(C(C)(C)C)cc(C(C)(C)C)c2)c1. The molecule has 0 unspecified atom stereocenters. The molecular formula is C112H155BrO3S6. The van der Waals surface area contributed by atoms with E-state index in [0.29, 0.717) is 5.56 Å². The molecule has 0 aliphatic rings. The zero-order valence-electron chi connectivity index (χ0n) is 82.3. The van der Waals surface area contributed by atoms with Crippen molar-refractivity contribution in [1.29, 1.82) is 0 Å². The second-order valence-electron chi connectivity index (χ2n) is 46.3. The van der Waals surface area contributed by atoms with Gasteiger partial charge >= 0.3 is 5.97 Å². The van der Waals surface area contributed by atoms with Crippen molar-refractivity contribution in [2.75, 3.05) is 7.11 Å². The molecule has 0 saturated heterocycles. The molecule has 0 amide bonds. The van der Waals surface area contributed by atoms with Crippen LogP contribution in [0.2, 0.25) is 0 Å². The molecule has 0 aliphatic carbocycles. The fourth-order valence-electron chi connectivity index (χ4n) is 13.6. The van der Waals surface area contributed by atoms with E-state index in [0.717, 1.165) is 55.2 Å².